The van der Waals surface area contributed by atoms with Gasteiger partial charge >= 0.3 is 0 Å². The number of anilines is 1. The van der Waals surface area contributed by atoms with Gasteiger partial charge in [0.15, 0.2) is 0 Å². The predicted octanol–water partition coefficient (Wildman–Crippen LogP) is 3.14. The summed E-state index contributed by atoms with van der Waals surface area (Å²) in [5, 5.41) is 0. The molecule has 0 radical (unpaired) electrons. The zero-order valence-electron chi connectivity index (χ0n) is 18.8. The number of hydrogen-bond acceptors (Lipinski definition) is 7. The average Bonchev–Trinajstić information content (AvgIpc) is 2.83. The van der Waals surface area contributed by atoms with E-state index in [1.807, 2.05) is 68.4 Å². The maximum Gasteiger partial charge on any atom is 0.257 e. The van der Waals surface area contributed by atoms with Crippen LogP contribution in [0.4, 0.5) is 5.95 Å². The quantitative estimate of drug-likeness (QED) is 0.611. The monoisotopic (exact) mass is 433 g/mol. The van der Waals surface area contributed by atoms with Gasteiger partial charge in [-0.25, -0.2) is 15.0 Å². The third kappa shape index (κ3) is 4.55. The first-order valence-corrected chi connectivity index (χ1v) is 10.5. The molecule has 0 aliphatic carbocycles. The SMILES string of the molecule is COc1ccc(-c2cccc(C3CN(C(=O)c4cnc(N(C)C)nc4C)CCO3)n2)cc1. The average molecular weight is 434 g/mol. The number of morpholine rings is 1. The molecule has 1 fully saturated rings. The maximum atomic E-state index is 13.2. The number of pyridine rings is 1. The topological polar surface area (TPSA) is 80.7 Å². The van der Waals surface area contributed by atoms with Crippen LogP contribution in [0, 0.1) is 6.92 Å². The second kappa shape index (κ2) is 9.32. The van der Waals surface area contributed by atoms with Crippen molar-refractivity contribution >= 4 is 11.9 Å². The van der Waals surface area contributed by atoms with Crippen molar-refractivity contribution in [2.75, 3.05) is 45.8 Å². The highest BCUT2D eigenvalue weighted by atomic mass is 16.5. The molecule has 3 heterocycles. The number of aryl methyl sites for hydroxylation is 1. The van der Waals surface area contributed by atoms with Gasteiger partial charge in [0, 0.05) is 32.4 Å². The molecule has 8 heteroatoms. The molecule has 0 N–H and O–H groups in total. The van der Waals surface area contributed by atoms with Crippen LogP contribution in [-0.2, 0) is 4.74 Å². The van der Waals surface area contributed by atoms with Crippen molar-refractivity contribution in [2.24, 2.45) is 0 Å². The second-order valence-corrected chi connectivity index (χ2v) is 7.85. The zero-order valence-corrected chi connectivity index (χ0v) is 18.8. The molecule has 1 saturated heterocycles. The number of carbonyl (C=O) groups is 1. The van der Waals surface area contributed by atoms with Crippen molar-refractivity contribution in [1.29, 1.82) is 0 Å². The van der Waals surface area contributed by atoms with Crippen LogP contribution in [0.5, 0.6) is 5.75 Å². The fourth-order valence-electron chi connectivity index (χ4n) is 3.62. The first-order valence-electron chi connectivity index (χ1n) is 10.5. The summed E-state index contributed by atoms with van der Waals surface area (Å²) in [5.74, 6) is 1.29. The summed E-state index contributed by atoms with van der Waals surface area (Å²) in [7, 11) is 5.39. The molecule has 3 aromatic rings. The molecule has 1 aliphatic rings. The number of amides is 1. The summed E-state index contributed by atoms with van der Waals surface area (Å²) < 4.78 is 11.2. The van der Waals surface area contributed by atoms with Crippen molar-refractivity contribution in [3.63, 3.8) is 0 Å². The van der Waals surface area contributed by atoms with Crippen LogP contribution in [0.25, 0.3) is 11.3 Å². The van der Waals surface area contributed by atoms with E-state index in [1.165, 1.54) is 0 Å². The number of carbonyl (C=O) groups excluding carboxylic acids is 1. The van der Waals surface area contributed by atoms with E-state index < -0.39 is 0 Å². The molecular formula is C24H27N5O3. The molecular weight excluding hydrogens is 406 g/mol. The lowest BCUT2D eigenvalue weighted by atomic mass is 10.1. The lowest BCUT2D eigenvalue weighted by Gasteiger charge is -2.33. The number of benzene rings is 1. The molecule has 32 heavy (non-hydrogen) atoms. The van der Waals surface area contributed by atoms with E-state index in [0.717, 1.165) is 22.7 Å². The van der Waals surface area contributed by atoms with Gasteiger partial charge in [-0.3, -0.25) is 4.79 Å². The minimum atomic E-state index is -0.298. The Kier molecular flexibility index (Phi) is 6.32. The summed E-state index contributed by atoms with van der Waals surface area (Å²) in [6.45, 7) is 3.22. The third-order valence-corrected chi connectivity index (χ3v) is 5.44. The number of methoxy groups -OCH3 is 1. The number of ether oxygens (including phenoxy) is 2. The molecule has 0 bridgehead atoms. The highest BCUT2D eigenvalue weighted by Crippen LogP contribution is 2.26. The van der Waals surface area contributed by atoms with E-state index in [0.29, 0.717) is 36.9 Å². The van der Waals surface area contributed by atoms with Gasteiger partial charge in [0.2, 0.25) is 5.95 Å². The number of nitrogens with zero attached hydrogens (tertiary/aromatic N) is 5. The predicted molar refractivity (Wildman–Crippen MR) is 122 cm³/mol. The normalized spacial score (nSPS) is 16.0. The van der Waals surface area contributed by atoms with Crippen LogP contribution >= 0.6 is 0 Å². The Morgan fingerprint density at radius 1 is 1.16 bits per heavy atom. The van der Waals surface area contributed by atoms with E-state index >= 15 is 0 Å². The summed E-state index contributed by atoms with van der Waals surface area (Å²) in [6.07, 6.45) is 1.31. The van der Waals surface area contributed by atoms with Gasteiger partial charge in [-0.2, -0.15) is 0 Å². The van der Waals surface area contributed by atoms with E-state index in [4.69, 9.17) is 14.5 Å². The fraction of sp³-hybridized carbons (Fsp3) is 0.333. The molecule has 1 amide bonds. The Morgan fingerprint density at radius 2 is 1.94 bits per heavy atom. The molecule has 4 rings (SSSR count). The Morgan fingerprint density at radius 3 is 2.62 bits per heavy atom. The standard InChI is InChI=1S/C24H27N5O3/c1-16-19(14-25-24(26-16)28(2)3)23(30)29-12-13-32-22(15-29)21-7-5-6-20(27-21)17-8-10-18(31-4)11-9-17/h5-11,14,22H,12-13,15H2,1-4H3. The first kappa shape index (κ1) is 21.7. The molecule has 0 saturated carbocycles. The van der Waals surface area contributed by atoms with Crippen molar-refractivity contribution in [3.05, 3.63) is 65.6 Å². The van der Waals surface area contributed by atoms with Crippen molar-refractivity contribution in [1.82, 2.24) is 19.9 Å². The van der Waals surface area contributed by atoms with Crippen molar-refractivity contribution < 1.29 is 14.3 Å². The van der Waals surface area contributed by atoms with E-state index in [-0.39, 0.29) is 12.0 Å². The van der Waals surface area contributed by atoms with Crippen LogP contribution in [0.3, 0.4) is 0 Å². The summed E-state index contributed by atoms with van der Waals surface area (Å²) in [6, 6.07) is 13.6. The Hall–Kier alpha value is -3.52. The number of rotatable bonds is 5. The summed E-state index contributed by atoms with van der Waals surface area (Å²) in [4.78, 5) is 30.3. The van der Waals surface area contributed by atoms with Crippen LogP contribution in [0.1, 0.15) is 27.8 Å². The molecule has 166 valence electrons. The van der Waals surface area contributed by atoms with Crippen molar-refractivity contribution in [3.8, 4) is 17.0 Å². The van der Waals surface area contributed by atoms with E-state index in [2.05, 4.69) is 9.97 Å². The van der Waals surface area contributed by atoms with Gasteiger partial charge in [0.25, 0.3) is 5.91 Å². The van der Waals surface area contributed by atoms with Gasteiger partial charge in [-0.05, 0) is 43.3 Å². The zero-order chi connectivity index (χ0) is 22.7. The molecule has 1 atom stereocenters. The van der Waals surface area contributed by atoms with Gasteiger partial charge in [0.1, 0.15) is 11.9 Å². The minimum Gasteiger partial charge on any atom is -0.497 e. The molecule has 8 nitrogen and oxygen atoms in total. The van der Waals surface area contributed by atoms with Gasteiger partial charge in [-0.15, -0.1) is 0 Å². The third-order valence-electron chi connectivity index (χ3n) is 5.44. The highest BCUT2D eigenvalue weighted by molar-refractivity contribution is 5.95. The minimum absolute atomic E-state index is 0.0904. The van der Waals surface area contributed by atoms with Gasteiger partial charge in [0.05, 0.1) is 42.9 Å². The lowest BCUT2D eigenvalue weighted by molar-refractivity contribution is -0.0247. The van der Waals surface area contributed by atoms with Crippen LogP contribution in [0.2, 0.25) is 0 Å². The number of hydrogen-bond donors (Lipinski definition) is 0. The first-order chi connectivity index (χ1) is 15.5. The highest BCUT2D eigenvalue weighted by Gasteiger charge is 2.28. The maximum absolute atomic E-state index is 13.2. The van der Waals surface area contributed by atoms with Crippen LogP contribution < -0.4 is 9.64 Å². The van der Waals surface area contributed by atoms with Gasteiger partial charge in [-0.1, -0.05) is 6.07 Å². The molecule has 2 aromatic heterocycles. The van der Waals surface area contributed by atoms with E-state index in [9.17, 15) is 4.79 Å². The molecule has 1 unspecified atom stereocenters. The Balaban J connectivity index is 1.52. The Bertz CT molecular complexity index is 1100. The molecule has 1 aromatic carbocycles. The molecule has 0 spiro atoms. The lowest BCUT2D eigenvalue weighted by Crippen LogP contribution is -2.42. The number of aromatic nitrogens is 3. The van der Waals surface area contributed by atoms with Crippen LogP contribution in [0.15, 0.2) is 48.7 Å². The van der Waals surface area contributed by atoms with Gasteiger partial charge < -0.3 is 19.3 Å². The van der Waals surface area contributed by atoms with Crippen molar-refractivity contribution in [2.45, 2.75) is 13.0 Å². The second-order valence-electron chi connectivity index (χ2n) is 7.85. The summed E-state index contributed by atoms with van der Waals surface area (Å²) in [5.41, 5.74) is 3.81. The molecule has 1 aliphatic heterocycles. The smallest absolute Gasteiger partial charge is 0.257 e. The van der Waals surface area contributed by atoms with E-state index in [1.54, 1.807) is 18.2 Å². The largest absolute Gasteiger partial charge is 0.497 e. The Labute approximate surface area is 187 Å². The fourth-order valence-corrected chi connectivity index (χ4v) is 3.62. The summed E-state index contributed by atoms with van der Waals surface area (Å²) >= 11 is 0. The van der Waals surface area contributed by atoms with Crippen LogP contribution in [-0.4, -0.2) is 66.7 Å².